The summed E-state index contributed by atoms with van der Waals surface area (Å²) in [7, 11) is 5.85. The van der Waals surface area contributed by atoms with Gasteiger partial charge in [0.15, 0.2) is 0 Å². The molecule has 0 spiro atoms. The van der Waals surface area contributed by atoms with Gasteiger partial charge in [-0.1, -0.05) is 29.8 Å². The molecule has 2 fully saturated rings. The number of benzene rings is 1. The second kappa shape index (κ2) is 7.21. The normalized spacial score (nSPS) is 25.0. The van der Waals surface area contributed by atoms with Crippen molar-refractivity contribution in [2.45, 2.75) is 44.3 Å². The van der Waals surface area contributed by atoms with E-state index in [1.807, 2.05) is 30.9 Å². The zero-order chi connectivity index (χ0) is 17.3. The fourth-order valence-corrected chi connectivity index (χ4v) is 3.62. The van der Waals surface area contributed by atoms with Crippen LogP contribution in [0.1, 0.15) is 36.4 Å². The molecule has 3 rings (SSSR count). The number of rotatable bonds is 6. The minimum absolute atomic E-state index is 0.153. The average Bonchev–Trinajstić information content (AvgIpc) is 3.29. The minimum atomic E-state index is -0.232. The van der Waals surface area contributed by atoms with Crippen LogP contribution in [0.25, 0.3) is 0 Å². The Morgan fingerprint density at radius 2 is 1.83 bits per heavy atom. The summed E-state index contributed by atoms with van der Waals surface area (Å²) in [4.78, 5) is 16.9. The molecule has 3 atom stereocenters. The summed E-state index contributed by atoms with van der Waals surface area (Å²) in [6.45, 7) is 2.81. The first kappa shape index (κ1) is 17.4. The summed E-state index contributed by atoms with van der Waals surface area (Å²) in [6.07, 6.45) is 3.80. The van der Waals surface area contributed by atoms with E-state index in [0.29, 0.717) is 12.1 Å². The molecule has 0 bridgehead atoms. The Hall–Kier alpha value is -1.43. The van der Waals surface area contributed by atoms with Crippen LogP contribution in [0.5, 0.6) is 0 Å². The molecule has 1 saturated carbocycles. The van der Waals surface area contributed by atoms with E-state index in [1.54, 1.807) is 0 Å². The fraction of sp³-hybridized carbons (Fsp3) is 0.632. The zero-order valence-corrected chi connectivity index (χ0v) is 15.2. The third kappa shape index (κ3) is 3.97. The van der Waals surface area contributed by atoms with Gasteiger partial charge in [-0.15, -0.1) is 0 Å². The summed E-state index contributed by atoms with van der Waals surface area (Å²) in [5.41, 5.74) is 9.04. The summed E-state index contributed by atoms with van der Waals surface area (Å²) >= 11 is 0. The Balaban J connectivity index is 1.62. The third-order valence-electron chi connectivity index (χ3n) is 5.22. The van der Waals surface area contributed by atoms with Crippen LogP contribution in [0.3, 0.4) is 0 Å². The van der Waals surface area contributed by atoms with Crippen molar-refractivity contribution in [2.24, 2.45) is 5.92 Å². The highest BCUT2D eigenvalue weighted by Gasteiger charge is 2.37. The largest absolute Gasteiger partial charge is 0.342 e. The van der Waals surface area contributed by atoms with Gasteiger partial charge < -0.3 is 4.90 Å². The number of hydrazine groups is 1. The first-order valence-electron chi connectivity index (χ1n) is 8.94. The molecule has 0 aromatic heterocycles. The van der Waals surface area contributed by atoms with Crippen molar-refractivity contribution in [2.75, 3.05) is 27.7 Å². The molecule has 132 valence electrons. The number of hydrogen-bond acceptors (Lipinski definition) is 4. The van der Waals surface area contributed by atoms with Crippen LogP contribution in [0, 0.1) is 12.8 Å². The highest BCUT2D eigenvalue weighted by Crippen LogP contribution is 2.35. The molecule has 5 nitrogen and oxygen atoms in total. The number of aryl methyl sites for hydroxylation is 1. The van der Waals surface area contributed by atoms with Gasteiger partial charge in [0, 0.05) is 25.7 Å². The highest BCUT2D eigenvalue weighted by atomic mass is 16.2. The van der Waals surface area contributed by atoms with Crippen molar-refractivity contribution < 1.29 is 4.79 Å². The lowest BCUT2D eigenvalue weighted by molar-refractivity contribution is -0.135. The summed E-state index contributed by atoms with van der Waals surface area (Å²) in [6, 6.07) is 8.95. The molecule has 1 aliphatic carbocycles. The van der Waals surface area contributed by atoms with Crippen molar-refractivity contribution >= 4 is 5.91 Å². The first-order chi connectivity index (χ1) is 11.5. The number of nitrogens with zero attached hydrogens (tertiary/aromatic N) is 2. The molecule has 2 aliphatic rings. The average molecular weight is 330 g/mol. The van der Waals surface area contributed by atoms with Crippen LogP contribution in [-0.2, 0) is 4.79 Å². The molecule has 2 N–H and O–H groups in total. The number of likely N-dealkylation sites (N-methyl/N-ethyl adjacent to an activating group) is 2. The number of amides is 1. The zero-order valence-electron chi connectivity index (χ0n) is 15.2. The monoisotopic (exact) mass is 330 g/mol. The quantitative estimate of drug-likeness (QED) is 0.833. The van der Waals surface area contributed by atoms with Crippen LogP contribution >= 0.6 is 0 Å². The van der Waals surface area contributed by atoms with Gasteiger partial charge in [0.25, 0.3) is 0 Å². The number of carbonyl (C=O) groups excluding carboxylic acids is 1. The van der Waals surface area contributed by atoms with E-state index in [-0.39, 0.29) is 11.9 Å². The van der Waals surface area contributed by atoms with Crippen LogP contribution in [0.4, 0.5) is 0 Å². The van der Waals surface area contributed by atoms with E-state index in [4.69, 9.17) is 0 Å². The van der Waals surface area contributed by atoms with Gasteiger partial charge in [-0.3, -0.25) is 20.5 Å². The van der Waals surface area contributed by atoms with E-state index in [1.165, 1.54) is 18.4 Å². The van der Waals surface area contributed by atoms with Crippen LogP contribution in [0.15, 0.2) is 24.3 Å². The Labute approximate surface area is 145 Å². The Bertz CT molecular complexity index is 567. The molecular formula is C19H30N4O. The molecule has 1 aliphatic heterocycles. The lowest BCUT2D eigenvalue weighted by Gasteiger charge is -2.30. The van der Waals surface area contributed by atoms with Gasteiger partial charge in [0.1, 0.15) is 6.04 Å². The molecule has 1 aromatic carbocycles. The number of carbonyl (C=O) groups is 1. The standard InChI is InChI=1S/C19H30N4O/c1-13-5-7-15(8-6-13)18(22(2)3)19(24)23(4)12-16-11-17(21-20-16)14-9-10-14/h5-8,14,16-18,20-21H,9-12H2,1-4H3. The maximum Gasteiger partial charge on any atom is 0.244 e. The second-order valence-electron chi connectivity index (χ2n) is 7.66. The fourth-order valence-electron chi connectivity index (χ4n) is 3.62. The van der Waals surface area contributed by atoms with E-state index in [0.717, 1.165) is 24.4 Å². The predicted molar refractivity (Wildman–Crippen MR) is 96.4 cm³/mol. The lowest BCUT2D eigenvalue weighted by atomic mass is 10.0. The molecule has 1 aromatic rings. The van der Waals surface area contributed by atoms with Crippen molar-refractivity contribution in [1.82, 2.24) is 20.7 Å². The third-order valence-corrected chi connectivity index (χ3v) is 5.22. The highest BCUT2D eigenvalue weighted by molar-refractivity contribution is 5.83. The Kier molecular flexibility index (Phi) is 5.23. The molecule has 0 radical (unpaired) electrons. The van der Waals surface area contributed by atoms with Crippen LogP contribution < -0.4 is 10.9 Å². The van der Waals surface area contributed by atoms with Gasteiger partial charge in [0.2, 0.25) is 5.91 Å². The lowest BCUT2D eigenvalue weighted by Crippen LogP contribution is -2.45. The van der Waals surface area contributed by atoms with Crippen molar-refractivity contribution in [3.05, 3.63) is 35.4 Å². The van der Waals surface area contributed by atoms with Crippen LogP contribution in [-0.4, -0.2) is 55.5 Å². The molecule has 24 heavy (non-hydrogen) atoms. The number of hydrogen-bond donors (Lipinski definition) is 2. The molecular weight excluding hydrogens is 300 g/mol. The van der Waals surface area contributed by atoms with E-state index in [9.17, 15) is 4.79 Å². The Morgan fingerprint density at radius 3 is 2.42 bits per heavy atom. The SMILES string of the molecule is Cc1ccc(C(C(=O)N(C)CC2CC(C3CC3)NN2)N(C)C)cc1. The summed E-state index contributed by atoms with van der Waals surface area (Å²) in [5, 5.41) is 0. The van der Waals surface area contributed by atoms with Gasteiger partial charge in [-0.25, -0.2) is 0 Å². The van der Waals surface area contributed by atoms with E-state index < -0.39 is 0 Å². The van der Waals surface area contributed by atoms with E-state index >= 15 is 0 Å². The maximum absolute atomic E-state index is 13.0. The molecule has 3 unspecified atom stereocenters. The van der Waals surface area contributed by atoms with Gasteiger partial charge in [-0.2, -0.15) is 0 Å². The van der Waals surface area contributed by atoms with Crippen molar-refractivity contribution in [3.63, 3.8) is 0 Å². The molecule has 1 amide bonds. The Morgan fingerprint density at radius 1 is 1.17 bits per heavy atom. The van der Waals surface area contributed by atoms with Gasteiger partial charge >= 0.3 is 0 Å². The predicted octanol–water partition coefficient (Wildman–Crippen LogP) is 1.70. The number of nitrogens with one attached hydrogen (secondary N) is 2. The van der Waals surface area contributed by atoms with Crippen LogP contribution in [0.2, 0.25) is 0 Å². The van der Waals surface area contributed by atoms with Crippen molar-refractivity contribution in [3.8, 4) is 0 Å². The topological polar surface area (TPSA) is 47.6 Å². The molecule has 5 heteroatoms. The van der Waals surface area contributed by atoms with E-state index in [2.05, 4.69) is 42.0 Å². The summed E-state index contributed by atoms with van der Waals surface area (Å²) < 4.78 is 0. The second-order valence-corrected chi connectivity index (χ2v) is 7.66. The first-order valence-corrected chi connectivity index (χ1v) is 8.94. The maximum atomic E-state index is 13.0. The molecule has 1 saturated heterocycles. The van der Waals surface area contributed by atoms with Crippen molar-refractivity contribution in [1.29, 1.82) is 0 Å². The summed E-state index contributed by atoms with van der Waals surface area (Å²) in [5.74, 6) is 0.992. The minimum Gasteiger partial charge on any atom is -0.342 e. The molecule has 1 heterocycles. The van der Waals surface area contributed by atoms with Gasteiger partial charge in [0.05, 0.1) is 0 Å². The smallest absolute Gasteiger partial charge is 0.244 e. The van der Waals surface area contributed by atoms with Gasteiger partial charge in [-0.05, 0) is 51.8 Å².